The van der Waals surface area contributed by atoms with E-state index in [4.69, 9.17) is 9.84 Å². The third kappa shape index (κ3) is 3.23. The lowest BCUT2D eigenvalue weighted by atomic mass is 9.84. The first-order valence-corrected chi connectivity index (χ1v) is 7.17. The average molecular weight is 255 g/mol. The maximum Gasteiger partial charge on any atom is 0.308 e. The Morgan fingerprint density at radius 2 is 1.78 bits per heavy atom. The minimum atomic E-state index is -0.0348. The minimum absolute atomic E-state index is 0.0348. The third-order valence-electron chi connectivity index (χ3n) is 4.65. The van der Waals surface area contributed by atoms with Crippen molar-refractivity contribution in [1.29, 1.82) is 0 Å². The monoisotopic (exact) mass is 255 g/mol. The second-order valence-electron chi connectivity index (χ2n) is 5.69. The number of hydrogen-bond donors (Lipinski definition) is 1. The standard InChI is InChI=1S/C14H25NO3/c1-18-14(17)12-2-4-13(5-3-12)15-8-6-11(10-16)7-9-15/h11-13,16H,2-10H2,1H3. The summed E-state index contributed by atoms with van der Waals surface area (Å²) < 4.78 is 4.82. The predicted octanol–water partition coefficient (Wildman–Crippen LogP) is 1.42. The summed E-state index contributed by atoms with van der Waals surface area (Å²) in [5, 5.41) is 9.14. The van der Waals surface area contributed by atoms with Gasteiger partial charge in [-0.15, -0.1) is 0 Å². The molecule has 0 atom stereocenters. The number of ether oxygens (including phenoxy) is 1. The number of carbonyl (C=O) groups excluding carboxylic acids is 1. The lowest BCUT2D eigenvalue weighted by molar-refractivity contribution is -0.147. The number of rotatable bonds is 3. The van der Waals surface area contributed by atoms with Crippen molar-refractivity contribution in [1.82, 2.24) is 4.90 Å². The molecule has 18 heavy (non-hydrogen) atoms. The van der Waals surface area contributed by atoms with E-state index in [1.54, 1.807) is 0 Å². The maximum atomic E-state index is 11.5. The first-order valence-electron chi connectivity index (χ1n) is 7.17. The van der Waals surface area contributed by atoms with Crippen LogP contribution in [-0.2, 0) is 9.53 Å². The molecular weight excluding hydrogens is 230 g/mol. The number of likely N-dealkylation sites (tertiary alicyclic amines) is 1. The molecular formula is C14H25NO3. The van der Waals surface area contributed by atoms with Crippen LogP contribution in [0.4, 0.5) is 0 Å². The highest BCUT2D eigenvalue weighted by atomic mass is 16.5. The Morgan fingerprint density at radius 1 is 1.17 bits per heavy atom. The van der Waals surface area contributed by atoms with Gasteiger partial charge in [-0.05, 0) is 57.5 Å². The van der Waals surface area contributed by atoms with E-state index >= 15 is 0 Å². The van der Waals surface area contributed by atoms with Crippen LogP contribution in [0.1, 0.15) is 38.5 Å². The van der Waals surface area contributed by atoms with Gasteiger partial charge in [0.2, 0.25) is 0 Å². The van der Waals surface area contributed by atoms with Crippen molar-refractivity contribution in [3.63, 3.8) is 0 Å². The number of nitrogens with zero attached hydrogens (tertiary/aromatic N) is 1. The smallest absolute Gasteiger partial charge is 0.308 e. The number of methoxy groups -OCH3 is 1. The summed E-state index contributed by atoms with van der Waals surface area (Å²) in [6.07, 6.45) is 6.41. The molecule has 2 aliphatic rings. The van der Waals surface area contributed by atoms with Crippen molar-refractivity contribution >= 4 is 5.97 Å². The number of piperidine rings is 1. The van der Waals surface area contributed by atoms with Gasteiger partial charge in [0.05, 0.1) is 13.0 Å². The van der Waals surface area contributed by atoms with Crippen LogP contribution in [0.25, 0.3) is 0 Å². The number of hydrogen-bond acceptors (Lipinski definition) is 4. The van der Waals surface area contributed by atoms with Crippen molar-refractivity contribution in [2.24, 2.45) is 11.8 Å². The summed E-state index contributed by atoms with van der Waals surface area (Å²) in [5.41, 5.74) is 0. The maximum absolute atomic E-state index is 11.5. The van der Waals surface area contributed by atoms with Crippen molar-refractivity contribution < 1.29 is 14.6 Å². The number of aliphatic hydroxyl groups excluding tert-OH is 1. The van der Waals surface area contributed by atoms with Gasteiger partial charge in [0.25, 0.3) is 0 Å². The SMILES string of the molecule is COC(=O)C1CCC(N2CCC(CO)CC2)CC1. The molecule has 4 nitrogen and oxygen atoms in total. The van der Waals surface area contributed by atoms with Gasteiger partial charge < -0.3 is 14.7 Å². The molecule has 4 heteroatoms. The van der Waals surface area contributed by atoms with Gasteiger partial charge in [0.15, 0.2) is 0 Å². The van der Waals surface area contributed by atoms with Gasteiger partial charge >= 0.3 is 5.97 Å². The molecule has 0 aromatic rings. The van der Waals surface area contributed by atoms with E-state index in [1.165, 1.54) is 7.11 Å². The van der Waals surface area contributed by atoms with E-state index in [2.05, 4.69) is 4.90 Å². The van der Waals surface area contributed by atoms with E-state index in [0.717, 1.165) is 51.6 Å². The fraction of sp³-hybridized carbons (Fsp3) is 0.929. The van der Waals surface area contributed by atoms with Gasteiger partial charge in [-0.25, -0.2) is 0 Å². The summed E-state index contributed by atoms with van der Waals surface area (Å²) in [7, 11) is 1.48. The molecule has 0 aromatic carbocycles. The zero-order valence-electron chi connectivity index (χ0n) is 11.3. The zero-order chi connectivity index (χ0) is 13.0. The van der Waals surface area contributed by atoms with Gasteiger partial charge in [-0.3, -0.25) is 4.79 Å². The molecule has 0 amide bonds. The Morgan fingerprint density at radius 3 is 2.28 bits per heavy atom. The highest BCUT2D eigenvalue weighted by molar-refractivity contribution is 5.72. The molecule has 0 aromatic heterocycles. The number of aliphatic hydroxyl groups is 1. The Hall–Kier alpha value is -0.610. The largest absolute Gasteiger partial charge is 0.469 e. The van der Waals surface area contributed by atoms with Gasteiger partial charge in [0.1, 0.15) is 0 Å². The predicted molar refractivity (Wildman–Crippen MR) is 69.1 cm³/mol. The molecule has 1 saturated carbocycles. The summed E-state index contributed by atoms with van der Waals surface area (Å²) >= 11 is 0. The molecule has 1 aliphatic heterocycles. The molecule has 0 spiro atoms. The molecule has 0 radical (unpaired) electrons. The Bertz CT molecular complexity index is 266. The van der Waals surface area contributed by atoms with Crippen LogP contribution in [0.2, 0.25) is 0 Å². The summed E-state index contributed by atoms with van der Waals surface area (Å²) in [5.74, 6) is 0.598. The lowest BCUT2D eigenvalue weighted by Crippen LogP contribution is -2.44. The first kappa shape index (κ1) is 13.8. The van der Waals surface area contributed by atoms with Crippen molar-refractivity contribution in [3.8, 4) is 0 Å². The average Bonchev–Trinajstić information content (AvgIpc) is 2.47. The van der Waals surface area contributed by atoms with Crippen molar-refractivity contribution in [2.45, 2.75) is 44.6 Å². The van der Waals surface area contributed by atoms with Crippen molar-refractivity contribution in [3.05, 3.63) is 0 Å². The van der Waals surface area contributed by atoms with E-state index in [0.29, 0.717) is 18.6 Å². The van der Waals surface area contributed by atoms with Crippen LogP contribution in [0.3, 0.4) is 0 Å². The van der Waals surface area contributed by atoms with E-state index in [1.807, 2.05) is 0 Å². The first-order chi connectivity index (χ1) is 8.74. The normalized spacial score (nSPS) is 31.2. The van der Waals surface area contributed by atoms with Crippen LogP contribution in [-0.4, -0.2) is 48.8 Å². The van der Waals surface area contributed by atoms with Crippen LogP contribution < -0.4 is 0 Å². The Kier molecular flexibility index (Phi) is 5.01. The van der Waals surface area contributed by atoms with Gasteiger partial charge in [-0.1, -0.05) is 0 Å². The topological polar surface area (TPSA) is 49.8 Å². The van der Waals surface area contributed by atoms with Crippen LogP contribution >= 0.6 is 0 Å². The second-order valence-corrected chi connectivity index (χ2v) is 5.69. The van der Waals surface area contributed by atoms with Gasteiger partial charge in [0, 0.05) is 12.6 Å². The van der Waals surface area contributed by atoms with Gasteiger partial charge in [-0.2, -0.15) is 0 Å². The molecule has 0 bridgehead atoms. The number of carbonyl (C=O) groups is 1. The quantitative estimate of drug-likeness (QED) is 0.775. The molecule has 1 N–H and O–H groups in total. The summed E-state index contributed by atoms with van der Waals surface area (Å²) in [4.78, 5) is 14.0. The molecule has 0 unspecified atom stereocenters. The fourth-order valence-electron chi connectivity index (χ4n) is 3.34. The molecule has 2 rings (SSSR count). The lowest BCUT2D eigenvalue weighted by Gasteiger charge is -2.40. The van der Waals surface area contributed by atoms with E-state index in [9.17, 15) is 4.79 Å². The summed E-state index contributed by atoms with van der Waals surface area (Å²) in [6, 6.07) is 0.644. The van der Waals surface area contributed by atoms with Crippen LogP contribution in [0.5, 0.6) is 0 Å². The molecule has 1 heterocycles. The highest BCUT2D eigenvalue weighted by Crippen LogP contribution is 2.30. The summed E-state index contributed by atoms with van der Waals surface area (Å²) in [6.45, 7) is 2.56. The Balaban J connectivity index is 1.75. The van der Waals surface area contributed by atoms with Crippen molar-refractivity contribution in [2.75, 3.05) is 26.8 Å². The van der Waals surface area contributed by atoms with E-state index < -0.39 is 0 Å². The van der Waals surface area contributed by atoms with Crippen LogP contribution in [0.15, 0.2) is 0 Å². The Labute approximate surface area is 109 Å². The highest BCUT2D eigenvalue weighted by Gasteiger charge is 2.31. The fourth-order valence-corrected chi connectivity index (χ4v) is 3.34. The second kappa shape index (κ2) is 6.53. The van der Waals surface area contributed by atoms with E-state index in [-0.39, 0.29) is 11.9 Å². The van der Waals surface area contributed by atoms with Crippen LogP contribution in [0, 0.1) is 11.8 Å². The minimum Gasteiger partial charge on any atom is -0.469 e. The number of esters is 1. The third-order valence-corrected chi connectivity index (χ3v) is 4.65. The molecule has 104 valence electrons. The molecule has 1 aliphatic carbocycles. The molecule has 2 fully saturated rings. The molecule has 1 saturated heterocycles. The zero-order valence-corrected chi connectivity index (χ0v) is 11.3.